The van der Waals surface area contributed by atoms with Crippen LogP contribution >= 0.6 is 541 Å². The van der Waals surface area contributed by atoms with Crippen molar-refractivity contribution in [3.8, 4) is 0 Å². The first-order valence-electron chi connectivity index (χ1n) is 5.57. The summed E-state index contributed by atoms with van der Waals surface area (Å²) >= 11 is 67.5. The van der Waals surface area contributed by atoms with Crippen LogP contribution in [-0.4, -0.2) is 0 Å². The van der Waals surface area contributed by atoms with Gasteiger partial charge in [-0.2, -0.15) is 0 Å². The molecule has 0 amide bonds. The van der Waals surface area contributed by atoms with Crippen LogP contribution in [0.5, 0.6) is 0 Å². The van der Waals surface area contributed by atoms with Crippen LogP contribution in [0.1, 0.15) is 0 Å². The van der Waals surface area contributed by atoms with E-state index in [4.69, 9.17) is 0 Å². The maximum absolute atomic E-state index is 3.34. The van der Waals surface area contributed by atoms with Gasteiger partial charge in [0.25, 0.3) is 0 Å². The van der Waals surface area contributed by atoms with Crippen LogP contribution in [0.15, 0.2) is 0 Å². The molecule has 0 aromatic carbocycles. The molecule has 0 fully saturated rings. The third-order valence-electron chi connectivity index (χ3n) is 1.47. The molecule has 0 radical (unpaired) electrons. The van der Waals surface area contributed by atoms with Crippen LogP contribution in [0.3, 0.4) is 0 Å². The Kier molecular flexibility index (Phi) is 71.7. The van der Waals surface area contributed by atoms with E-state index in [-0.39, 0.29) is 0 Å². The predicted octanol–water partition coefficient (Wildman–Crippen LogP) is 35.4. The van der Waals surface area contributed by atoms with Crippen molar-refractivity contribution in [3.63, 3.8) is 0 Å². The van der Waals surface area contributed by atoms with E-state index in [0.29, 0.717) is 0 Å². The van der Waals surface area contributed by atoms with Crippen LogP contribution < -0.4 is 0 Å². The summed E-state index contributed by atoms with van der Waals surface area (Å²) in [4.78, 5) is 0. The van der Waals surface area contributed by atoms with Crippen molar-refractivity contribution in [2.24, 2.45) is 0 Å². The van der Waals surface area contributed by atoms with E-state index in [0.717, 1.165) is 0 Å². The number of hydrogen-bond donors (Lipinski definition) is 0. The van der Waals surface area contributed by atoms with Gasteiger partial charge in [0.05, 0.1) is 0 Å². The summed E-state index contributed by atoms with van der Waals surface area (Å²) in [7, 11) is -9.59. The van der Waals surface area contributed by atoms with Crippen molar-refractivity contribution in [3.05, 3.63) is 0 Å². The fraction of sp³-hybridized carbons (Fsp3) is 0. The normalized spacial score (nSPS) is 18.7. The van der Waals surface area contributed by atoms with Crippen LogP contribution in [0.4, 0.5) is 0 Å². The Morgan fingerprint density at radius 1 is 0.125 bits per heavy atom. The van der Waals surface area contributed by atoms with E-state index in [2.05, 4.69) is 391 Å². The molecule has 0 aromatic rings. The Balaban J connectivity index is 5.41. The summed E-state index contributed by atoms with van der Waals surface area (Å²) in [5.74, 6) is 0. The SMILES string of the molecule is II(I)I(I)I(I)I(I)I(I)I(I)I(I)I(I)I(I)I(I)I(I)I(I)I(I)I(I)I(I)I(I)I(I)I(I)I(I)I. The molecule has 0 N–H and O–H groups in total. The molecule has 0 aliphatic heterocycles. The number of rotatable bonds is 18. The van der Waals surface area contributed by atoms with Gasteiger partial charge in [-0.15, -0.1) is 0 Å². The van der Waals surface area contributed by atoms with Crippen LogP contribution in [-0.2, 0) is 0 Å². The zero-order valence-electron chi connectivity index (χ0n) is 15.1. The molecule has 0 nitrogen and oxygen atoms in total. The zero-order valence-corrected chi connectivity index (χ0v) is 101. The first kappa shape index (κ1) is 69.2. The summed E-state index contributed by atoms with van der Waals surface area (Å²) in [6.45, 7) is 0. The van der Waals surface area contributed by atoms with E-state index >= 15 is 0 Å². The van der Waals surface area contributed by atoms with Gasteiger partial charge in [0.2, 0.25) is 0 Å². The molecular formula is I40. The van der Waals surface area contributed by atoms with E-state index in [1.165, 1.54) is 0 Å². The van der Waals surface area contributed by atoms with Crippen molar-refractivity contribution in [1.29, 1.82) is 0 Å². The molecule has 40 heavy (non-hydrogen) atoms. The van der Waals surface area contributed by atoms with Gasteiger partial charge in [0.15, 0.2) is 0 Å². The molecule has 0 aliphatic carbocycles. The van der Waals surface area contributed by atoms with Crippen molar-refractivity contribution >= 4 is 541 Å². The van der Waals surface area contributed by atoms with Crippen LogP contribution in [0.2, 0.25) is 0 Å². The first-order valence-corrected chi connectivity index (χ1v) is 251. The molecule has 280 valence electrons. The molecule has 0 bridgehead atoms. The second-order valence-corrected chi connectivity index (χ2v) is 929. The van der Waals surface area contributed by atoms with Gasteiger partial charge < -0.3 is 0 Å². The van der Waals surface area contributed by atoms with E-state index in [1.54, 1.807) is 0 Å². The summed E-state index contributed by atoms with van der Waals surface area (Å²) in [6.07, 6.45) is 0. The Morgan fingerprint density at radius 3 is 0.275 bits per heavy atom. The third-order valence-corrected chi connectivity index (χ3v) is 2980. The van der Waals surface area contributed by atoms with Gasteiger partial charge >= 0.3 is 541 Å². The summed E-state index contributed by atoms with van der Waals surface area (Å²) < 4.78 is 0. The molecule has 0 unspecified atom stereocenters. The van der Waals surface area contributed by atoms with Gasteiger partial charge in [0.1, 0.15) is 0 Å². The Hall–Kier alpha value is 29.2. The fourth-order valence-corrected chi connectivity index (χ4v) is 7130. The summed E-state index contributed by atoms with van der Waals surface area (Å²) in [6, 6.07) is 0. The van der Waals surface area contributed by atoms with E-state index in [9.17, 15) is 0 Å². The topological polar surface area (TPSA) is 0 Å². The molecule has 0 spiro atoms. The monoisotopic (exact) mass is 5080 g/mol. The van der Waals surface area contributed by atoms with Crippen molar-refractivity contribution in [2.75, 3.05) is 0 Å². The van der Waals surface area contributed by atoms with Crippen LogP contribution in [0.25, 0.3) is 0 Å². The van der Waals surface area contributed by atoms with E-state index < -0.39 is 150 Å². The Morgan fingerprint density at radius 2 is 0.200 bits per heavy atom. The van der Waals surface area contributed by atoms with Gasteiger partial charge in [-0.1, -0.05) is 0 Å². The van der Waals surface area contributed by atoms with Gasteiger partial charge in [0, 0.05) is 0 Å². The molecule has 0 saturated heterocycles. The standard InChI is InChI=1S/I40/c1-22(2)24(5)26(7)28(9)30(11)32(13)34(15)36(17)38(19)40(21)39(20)37(18)35(16)33(14)31(12)29(10)27(8)25(6)23(3)4. The molecular weight excluding hydrogens is 5080 g/mol. The van der Waals surface area contributed by atoms with Gasteiger partial charge in [-0.05, 0) is 0 Å². The second-order valence-electron chi connectivity index (χ2n) is 3.08. The molecule has 0 rings (SSSR count). The third kappa shape index (κ3) is 28.8. The number of hydrogen-bond acceptors (Lipinski definition) is 0. The van der Waals surface area contributed by atoms with E-state index in [1.807, 2.05) is 0 Å². The fourth-order valence-electron chi connectivity index (χ4n) is 0.525. The average molecular weight is 5080 g/mol. The predicted molar refractivity (Wildman–Crippen MR) is 561 cm³/mol. The zero-order chi connectivity index (χ0) is 32.0. The molecule has 40 heteroatoms. The Bertz CT molecular complexity index is 605. The molecule has 0 atom stereocenters. The molecule has 0 heterocycles. The van der Waals surface area contributed by atoms with Crippen molar-refractivity contribution in [1.82, 2.24) is 0 Å². The summed E-state index contributed by atoms with van der Waals surface area (Å²) in [5, 5.41) is 0. The van der Waals surface area contributed by atoms with Crippen molar-refractivity contribution in [2.45, 2.75) is 0 Å². The van der Waals surface area contributed by atoms with Gasteiger partial charge in [-0.25, -0.2) is 0 Å². The Labute approximate surface area is 509 Å². The second kappa shape index (κ2) is 41.4. The minimum absolute atomic E-state index is 0.450. The quantitative estimate of drug-likeness (QED) is 0.120. The minimum atomic E-state index is -0.541. The first-order chi connectivity index (χ1) is 18.1. The molecule has 0 aliphatic rings. The molecule has 0 saturated carbocycles. The maximum atomic E-state index is 3.34. The van der Waals surface area contributed by atoms with Crippen molar-refractivity contribution < 1.29 is 0 Å². The van der Waals surface area contributed by atoms with Gasteiger partial charge in [-0.3, -0.25) is 0 Å². The molecule has 0 aromatic heterocycles. The average Bonchev–Trinajstić information content (AvgIpc) is 2.93. The van der Waals surface area contributed by atoms with Crippen LogP contribution in [0, 0.1) is 0 Å². The number of halogens is 40. The summed E-state index contributed by atoms with van der Waals surface area (Å²) in [5.41, 5.74) is 0.